The van der Waals surface area contributed by atoms with Crippen LogP contribution in [0.2, 0.25) is 0 Å². The number of benzene rings is 2. The fraction of sp³-hybridized carbons (Fsp3) is 0.190. The van der Waals surface area contributed by atoms with E-state index in [1.54, 1.807) is 10.9 Å². The average molecular weight is 394 g/mol. The van der Waals surface area contributed by atoms with E-state index in [4.69, 9.17) is 12.2 Å². The number of amides is 1. The molecular weight excluding hydrogens is 370 g/mol. The summed E-state index contributed by atoms with van der Waals surface area (Å²) in [4.78, 5) is 12.8. The molecule has 1 aromatic heterocycles. The van der Waals surface area contributed by atoms with E-state index in [0.29, 0.717) is 16.4 Å². The van der Waals surface area contributed by atoms with Crippen LogP contribution in [0.4, 0.5) is 0 Å². The predicted molar refractivity (Wildman–Crippen MR) is 115 cm³/mol. The minimum Gasteiger partial charge on any atom is -0.357 e. The summed E-state index contributed by atoms with van der Waals surface area (Å²) in [7, 11) is 0. The minimum absolute atomic E-state index is 0.206. The number of hydrogen-bond donors (Lipinski definition) is 3. The van der Waals surface area contributed by atoms with Gasteiger partial charge in [0.05, 0.1) is 11.3 Å². The zero-order chi connectivity index (χ0) is 20.1. The van der Waals surface area contributed by atoms with Crippen molar-refractivity contribution in [3.8, 4) is 16.9 Å². The molecule has 0 aliphatic rings. The fourth-order valence-corrected chi connectivity index (χ4v) is 2.97. The van der Waals surface area contributed by atoms with Crippen molar-refractivity contribution in [1.82, 2.24) is 25.9 Å². The first-order valence-corrected chi connectivity index (χ1v) is 9.33. The van der Waals surface area contributed by atoms with Crippen molar-refractivity contribution >= 4 is 23.2 Å². The largest absolute Gasteiger partial charge is 0.357 e. The third-order valence-corrected chi connectivity index (χ3v) is 4.01. The number of rotatable bonds is 3. The van der Waals surface area contributed by atoms with Gasteiger partial charge in [-0.05, 0) is 45.1 Å². The summed E-state index contributed by atoms with van der Waals surface area (Å²) in [5.41, 5.74) is 7.97. The summed E-state index contributed by atoms with van der Waals surface area (Å²) < 4.78 is 1.70. The van der Waals surface area contributed by atoms with Gasteiger partial charge in [-0.1, -0.05) is 48.5 Å². The zero-order valence-corrected chi connectivity index (χ0v) is 16.9. The highest BCUT2D eigenvalue weighted by Crippen LogP contribution is 2.23. The van der Waals surface area contributed by atoms with E-state index in [-0.39, 0.29) is 11.4 Å². The maximum absolute atomic E-state index is 12.8. The first kappa shape index (κ1) is 19.6. The van der Waals surface area contributed by atoms with Crippen LogP contribution < -0.4 is 16.2 Å². The van der Waals surface area contributed by atoms with E-state index >= 15 is 0 Å². The van der Waals surface area contributed by atoms with Gasteiger partial charge in [0.1, 0.15) is 5.69 Å². The molecule has 0 spiro atoms. The van der Waals surface area contributed by atoms with Crippen LogP contribution in [0.25, 0.3) is 16.9 Å². The number of thiocarbonyl (C=S) groups is 1. The van der Waals surface area contributed by atoms with E-state index in [9.17, 15) is 4.79 Å². The normalized spacial score (nSPS) is 11.0. The van der Waals surface area contributed by atoms with Crippen LogP contribution in [0.15, 0.2) is 66.9 Å². The highest BCUT2D eigenvalue weighted by molar-refractivity contribution is 7.80. The molecule has 3 aromatic rings. The standard InChI is InChI=1S/C21H23N5OS/c1-21(2,3)22-20(28)24-23-19(27)17-14-26(16-12-8-5-9-13-16)25-18(17)15-10-6-4-7-11-15/h4-14H,1-3H3,(H,23,27)(H2,22,24,28). The molecule has 144 valence electrons. The minimum atomic E-state index is -0.320. The van der Waals surface area contributed by atoms with Gasteiger partial charge in [0.25, 0.3) is 5.91 Å². The summed E-state index contributed by atoms with van der Waals surface area (Å²) in [6.45, 7) is 5.96. The van der Waals surface area contributed by atoms with E-state index in [2.05, 4.69) is 21.3 Å². The first-order chi connectivity index (χ1) is 13.3. The van der Waals surface area contributed by atoms with Crippen LogP contribution >= 0.6 is 12.2 Å². The molecule has 0 fully saturated rings. The molecule has 28 heavy (non-hydrogen) atoms. The van der Waals surface area contributed by atoms with Crippen molar-refractivity contribution in [2.75, 3.05) is 0 Å². The van der Waals surface area contributed by atoms with Crippen molar-refractivity contribution in [2.45, 2.75) is 26.3 Å². The summed E-state index contributed by atoms with van der Waals surface area (Å²) in [5, 5.41) is 8.07. The summed E-state index contributed by atoms with van der Waals surface area (Å²) in [5.74, 6) is -0.320. The Balaban J connectivity index is 1.87. The summed E-state index contributed by atoms with van der Waals surface area (Å²) in [6, 6.07) is 19.3. The monoisotopic (exact) mass is 393 g/mol. The molecule has 1 amide bonds. The van der Waals surface area contributed by atoms with Gasteiger partial charge in [-0.25, -0.2) is 4.68 Å². The van der Waals surface area contributed by atoms with Crippen LogP contribution in [0, 0.1) is 0 Å². The predicted octanol–water partition coefficient (Wildman–Crippen LogP) is 3.45. The molecule has 0 saturated carbocycles. The molecule has 6 nitrogen and oxygen atoms in total. The Morgan fingerprint density at radius 1 is 0.964 bits per heavy atom. The molecule has 3 N–H and O–H groups in total. The van der Waals surface area contributed by atoms with Crippen molar-refractivity contribution < 1.29 is 4.79 Å². The molecule has 0 aliphatic heterocycles. The number of hydrazine groups is 1. The number of carbonyl (C=O) groups excluding carboxylic acids is 1. The second-order valence-electron chi connectivity index (χ2n) is 7.32. The van der Waals surface area contributed by atoms with Crippen molar-refractivity contribution in [1.29, 1.82) is 0 Å². The lowest BCUT2D eigenvalue weighted by atomic mass is 10.1. The van der Waals surface area contributed by atoms with Crippen LogP contribution in [0.1, 0.15) is 31.1 Å². The third kappa shape index (κ3) is 4.95. The molecule has 0 atom stereocenters. The molecule has 7 heteroatoms. The Bertz CT molecular complexity index is 961. The van der Waals surface area contributed by atoms with Gasteiger partial charge in [-0.15, -0.1) is 0 Å². The third-order valence-electron chi connectivity index (χ3n) is 3.80. The summed E-state index contributed by atoms with van der Waals surface area (Å²) >= 11 is 5.22. The lowest BCUT2D eigenvalue weighted by molar-refractivity contribution is 0.0944. The number of aromatic nitrogens is 2. The lowest BCUT2D eigenvalue weighted by Gasteiger charge is -2.23. The van der Waals surface area contributed by atoms with Crippen molar-refractivity contribution in [3.05, 3.63) is 72.4 Å². The van der Waals surface area contributed by atoms with E-state index in [1.807, 2.05) is 81.4 Å². The number of nitrogens with one attached hydrogen (secondary N) is 3. The second kappa shape index (κ2) is 8.22. The van der Waals surface area contributed by atoms with Gasteiger partial charge in [0.15, 0.2) is 5.11 Å². The maximum atomic E-state index is 12.8. The van der Waals surface area contributed by atoms with Crippen LogP contribution in [0.3, 0.4) is 0 Å². The van der Waals surface area contributed by atoms with Gasteiger partial charge < -0.3 is 5.32 Å². The Hall–Kier alpha value is -3.19. The Labute approximate surface area is 169 Å². The molecule has 0 radical (unpaired) electrons. The molecule has 0 unspecified atom stereocenters. The average Bonchev–Trinajstić information content (AvgIpc) is 3.12. The maximum Gasteiger partial charge on any atom is 0.273 e. The van der Waals surface area contributed by atoms with Gasteiger partial charge in [-0.2, -0.15) is 5.10 Å². The molecular formula is C21H23N5OS. The topological polar surface area (TPSA) is 71.0 Å². The SMILES string of the molecule is CC(C)(C)NC(=S)NNC(=O)c1cn(-c2ccccc2)nc1-c1ccccc1. The van der Waals surface area contributed by atoms with Crippen LogP contribution in [-0.4, -0.2) is 26.3 Å². The second-order valence-corrected chi connectivity index (χ2v) is 7.73. The Morgan fingerprint density at radius 3 is 2.18 bits per heavy atom. The number of nitrogens with zero attached hydrogens (tertiary/aromatic N) is 2. The molecule has 0 bridgehead atoms. The van der Waals surface area contributed by atoms with Crippen LogP contribution in [0.5, 0.6) is 0 Å². The van der Waals surface area contributed by atoms with Gasteiger partial charge in [0, 0.05) is 17.3 Å². The van der Waals surface area contributed by atoms with Crippen LogP contribution in [-0.2, 0) is 0 Å². The smallest absolute Gasteiger partial charge is 0.273 e. The quantitative estimate of drug-likeness (QED) is 0.470. The van der Waals surface area contributed by atoms with Gasteiger partial charge in [0.2, 0.25) is 0 Å². The van der Waals surface area contributed by atoms with E-state index in [0.717, 1.165) is 11.3 Å². The molecule has 0 saturated heterocycles. The van der Waals surface area contributed by atoms with Crippen molar-refractivity contribution in [3.63, 3.8) is 0 Å². The Morgan fingerprint density at radius 2 is 1.57 bits per heavy atom. The number of carbonyl (C=O) groups is 1. The van der Waals surface area contributed by atoms with E-state index < -0.39 is 0 Å². The lowest BCUT2D eigenvalue weighted by Crippen LogP contribution is -2.52. The molecule has 3 rings (SSSR count). The van der Waals surface area contributed by atoms with Gasteiger partial charge >= 0.3 is 0 Å². The number of para-hydroxylation sites is 1. The van der Waals surface area contributed by atoms with Crippen molar-refractivity contribution in [2.24, 2.45) is 0 Å². The fourth-order valence-electron chi connectivity index (χ4n) is 2.62. The first-order valence-electron chi connectivity index (χ1n) is 8.92. The highest BCUT2D eigenvalue weighted by Gasteiger charge is 2.19. The van der Waals surface area contributed by atoms with Gasteiger partial charge in [-0.3, -0.25) is 15.6 Å². The van der Waals surface area contributed by atoms with E-state index in [1.165, 1.54) is 0 Å². The Kier molecular flexibility index (Phi) is 5.75. The summed E-state index contributed by atoms with van der Waals surface area (Å²) in [6.07, 6.45) is 1.72. The molecule has 0 aliphatic carbocycles. The highest BCUT2D eigenvalue weighted by atomic mass is 32.1. The molecule has 2 aromatic carbocycles. The molecule has 1 heterocycles. The number of hydrogen-bond acceptors (Lipinski definition) is 3. The zero-order valence-electron chi connectivity index (χ0n) is 16.1.